The Morgan fingerprint density at radius 2 is 0.341 bits per heavy atom. The molecule has 0 aliphatic carbocycles. The molecule has 0 saturated heterocycles. The molecule has 0 amide bonds. The van der Waals surface area contributed by atoms with Gasteiger partial charge in [-0.05, 0) is 158 Å². The van der Waals surface area contributed by atoms with Gasteiger partial charge in [0, 0.05) is 101 Å². The van der Waals surface area contributed by atoms with Crippen molar-refractivity contribution in [3.8, 4) is 203 Å². The first-order valence-corrected chi connectivity index (χ1v) is 44.7. The Morgan fingerprint density at radius 3 is 0.607 bits per heavy atom. The van der Waals surface area contributed by atoms with Gasteiger partial charge in [0.2, 0.25) is 0 Å². The van der Waals surface area contributed by atoms with Gasteiger partial charge in [0.15, 0.2) is 52.4 Å². The molecule has 9 aromatic heterocycles. The standard InChI is InChI=1S/C120H72N12O3/c1-4-25-79(26-5-1)112-124-115(130-118(127-112)100-43-22-40-97-94-37-16-19-46-106(94)133-109(97)100)82-61-64-103(121-70-82)76-55-49-73(50-56-76)88-31-10-13-34-91(88)85-67-86(92-35-14-11-32-89(92)74-51-57-77(58-52-74)104-65-62-83(71-122-104)116-125-113(80-27-6-2-7-28-80)128-119(131-116)101-44-23-41-98-95-38-17-20-47-107(95)134-110(98)101)69-87(68-85)93-36-15-12-33-90(93)75-53-59-78(60-54-75)105-66-63-84(72-123-105)117-126-114(81-29-8-3-9-30-81)129-120(132-117)102-45-24-42-99-96-39-18-21-48-108(96)135-111(99)102/h1-72H. The van der Waals surface area contributed by atoms with E-state index in [1.807, 2.05) is 237 Å². The SMILES string of the molecule is c1ccc(-c2nc(-c3ccc(-c4ccc(-c5ccccc5-c5cc(-c6ccccc6-c6ccc(-c7ccc(-c8nc(-c9ccccc9)nc(-c9cccc%10c9oc9ccccc9%10)n8)cn7)cc6)cc(-c6ccccc6-c6ccc(-c7ccc(-c8nc(-c9ccccc9)nc(-c9cccc%10c9oc9ccccc9%10)n8)cn7)cc6)c5)cc4)nc3)nc(-c3cccc4c3oc3ccccc34)n2)cc1. The molecule has 135 heavy (non-hydrogen) atoms. The van der Waals surface area contributed by atoms with Crippen molar-refractivity contribution in [1.29, 1.82) is 0 Å². The molecule has 25 aromatic rings. The summed E-state index contributed by atoms with van der Waals surface area (Å²) in [7, 11) is 0. The van der Waals surface area contributed by atoms with E-state index in [0.717, 1.165) is 216 Å². The number of fused-ring (bicyclic) bond motifs is 9. The minimum absolute atomic E-state index is 0.498. The molecule has 9 heterocycles. The van der Waals surface area contributed by atoms with Crippen molar-refractivity contribution in [2.45, 2.75) is 0 Å². The Bertz CT molecular complexity index is 8050. The van der Waals surface area contributed by atoms with Gasteiger partial charge in [0.25, 0.3) is 0 Å². The molecule has 15 heteroatoms. The summed E-state index contributed by atoms with van der Waals surface area (Å²) in [6.07, 6.45) is 5.54. The molecule has 0 N–H and O–H groups in total. The highest BCUT2D eigenvalue weighted by Crippen LogP contribution is 2.46. The predicted molar refractivity (Wildman–Crippen MR) is 540 cm³/mol. The van der Waals surface area contributed by atoms with Crippen LogP contribution in [0, 0.1) is 0 Å². The lowest BCUT2D eigenvalue weighted by molar-refractivity contribution is 0.669. The highest BCUT2D eigenvalue weighted by atomic mass is 16.3. The minimum Gasteiger partial charge on any atom is -0.455 e. The number of para-hydroxylation sites is 6. The fourth-order valence-corrected chi connectivity index (χ4v) is 18.4. The Balaban J connectivity index is 0.548. The summed E-state index contributed by atoms with van der Waals surface area (Å²) in [4.78, 5) is 61.1. The van der Waals surface area contributed by atoms with Crippen molar-refractivity contribution < 1.29 is 13.3 Å². The second-order valence-electron chi connectivity index (χ2n) is 33.3. The Morgan fingerprint density at radius 1 is 0.133 bits per heavy atom. The maximum absolute atomic E-state index is 6.51. The van der Waals surface area contributed by atoms with Gasteiger partial charge in [-0.25, -0.2) is 44.9 Å². The zero-order valence-electron chi connectivity index (χ0n) is 72.2. The van der Waals surface area contributed by atoms with Gasteiger partial charge in [-0.1, -0.05) is 328 Å². The van der Waals surface area contributed by atoms with E-state index in [4.69, 9.17) is 73.1 Å². The lowest BCUT2D eigenvalue weighted by atomic mass is 9.86. The first-order chi connectivity index (χ1) is 66.8. The minimum atomic E-state index is 0.498. The van der Waals surface area contributed by atoms with E-state index >= 15 is 0 Å². The topological polar surface area (TPSA) is 194 Å². The van der Waals surface area contributed by atoms with E-state index in [0.29, 0.717) is 52.4 Å². The summed E-state index contributed by atoms with van der Waals surface area (Å²) >= 11 is 0. The van der Waals surface area contributed by atoms with E-state index in [2.05, 4.69) is 200 Å². The number of pyridine rings is 3. The highest BCUT2D eigenvalue weighted by molar-refractivity contribution is 6.12. The molecule has 16 aromatic carbocycles. The van der Waals surface area contributed by atoms with Crippen LogP contribution in [-0.4, -0.2) is 59.8 Å². The van der Waals surface area contributed by atoms with E-state index in [9.17, 15) is 0 Å². The van der Waals surface area contributed by atoms with Crippen molar-refractivity contribution >= 4 is 65.8 Å². The maximum atomic E-state index is 6.51. The van der Waals surface area contributed by atoms with E-state index in [1.165, 1.54) is 0 Å². The summed E-state index contributed by atoms with van der Waals surface area (Å²) in [6, 6.07) is 144. The number of nitrogens with zero attached hydrogens (tertiary/aromatic N) is 12. The molecule has 0 aliphatic rings. The summed E-state index contributed by atoms with van der Waals surface area (Å²) in [5.74, 6) is 4.65. The Labute approximate surface area is 774 Å². The van der Waals surface area contributed by atoms with Crippen molar-refractivity contribution in [3.05, 3.63) is 437 Å². The number of hydrogen-bond donors (Lipinski definition) is 0. The third-order valence-corrected chi connectivity index (χ3v) is 25.1. The third kappa shape index (κ3) is 14.7. The molecule has 0 bridgehead atoms. The van der Waals surface area contributed by atoms with Gasteiger partial charge in [-0.3, -0.25) is 15.0 Å². The van der Waals surface area contributed by atoms with Crippen LogP contribution >= 0.6 is 0 Å². The first kappa shape index (κ1) is 78.6. The summed E-state index contributed by atoms with van der Waals surface area (Å²) < 4.78 is 19.5. The zero-order chi connectivity index (χ0) is 89.2. The van der Waals surface area contributed by atoms with Crippen LogP contribution in [0.4, 0.5) is 0 Å². The van der Waals surface area contributed by atoms with Crippen molar-refractivity contribution in [2.75, 3.05) is 0 Å². The highest BCUT2D eigenvalue weighted by Gasteiger charge is 2.25. The lowest BCUT2D eigenvalue weighted by Crippen LogP contribution is -2.00. The van der Waals surface area contributed by atoms with Gasteiger partial charge >= 0.3 is 0 Å². The molecular formula is C120H72N12O3. The van der Waals surface area contributed by atoms with Crippen molar-refractivity contribution in [2.24, 2.45) is 0 Å². The van der Waals surface area contributed by atoms with Crippen LogP contribution in [0.2, 0.25) is 0 Å². The lowest BCUT2D eigenvalue weighted by Gasteiger charge is -2.18. The second-order valence-corrected chi connectivity index (χ2v) is 33.3. The molecule has 0 spiro atoms. The molecule has 0 fully saturated rings. The summed E-state index contributed by atoms with van der Waals surface area (Å²) in [6.45, 7) is 0. The number of hydrogen-bond acceptors (Lipinski definition) is 15. The molecule has 630 valence electrons. The normalized spacial score (nSPS) is 11.6. The van der Waals surface area contributed by atoms with Crippen molar-refractivity contribution in [1.82, 2.24) is 59.8 Å². The zero-order valence-corrected chi connectivity index (χ0v) is 72.2. The quantitative estimate of drug-likeness (QED) is 0.0786. The van der Waals surface area contributed by atoms with Crippen LogP contribution in [0.25, 0.3) is 269 Å². The van der Waals surface area contributed by atoms with Crippen LogP contribution in [-0.2, 0) is 0 Å². The number of rotatable bonds is 18. The van der Waals surface area contributed by atoms with E-state index in [-0.39, 0.29) is 0 Å². The van der Waals surface area contributed by atoms with Gasteiger partial charge in [0.1, 0.15) is 33.5 Å². The van der Waals surface area contributed by atoms with Gasteiger partial charge in [0.05, 0.1) is 33.8 Å². The second kappa shape index (κ2) is 33.5. The molecule has 0 atom stereocenters. The Kier molecular flexibility index (Phi) is 19.5. The molecule has 0 saturated carbocycles. The summed E-state index contributed by atoms with van der Waals surface area (Å²) in [5, 5.41) is 6.07. The van der Waals surface area contributed by atoms with Crippen LogP contribution in [0.5, 0.6) is 0 Å². The number of aromatic nitrogens is 12. The summed E-state index contributed by atoms with van der Waals surface area (Å²) in [5.41, 5.74) is 29.7. The Hall–Kier alpha value is -18.6. The monoisotopic (exact) mass is 1730 g/mol. The van der Waals surface area contributed by atoms with E-state index < -0.39 is 0 Å². The molecular weight excluding hydrogens is 1660 g/mol. The molecule has 0 unspecified atom stereocenters. The molecule has 15 nitrogen and oxygen atoms in total. The molecule has 25 rings (SSSR count). The average Bonchev–Trinajstić information content (AvgIpc) is 1.57. The fourth-order valence-electron chi connectivity index (χ4n) is 18.4. The predicted octanol–water partition coefficient (Wildman–Crippen LogP) is 30.1. The third-order valence-electron chi connectivity index (χ3n) is 25.1. The fraction of sp³-hybridized carbons (Fsp3) is 0. The van der Waals surface area contributed by atoms with Crippen LogP contribution in [0.15, 0.2) is 450 Å². The number of benzene rings is 16. The van der Waals surface area contributed by atoms with Gasteiger partial charge in [-0.15, -0.1) is 0 Å². The van der Waals surface area contributed by atoms with Crippen molar-refractivity contribution in [3.63, 3.8) is 0 Å². The maximum Gasteiger partial charge on any atom is 0.167 e. The van der Waals surface area contributed by atoms with Gasteiger partial charge in [-0.2, -0.15) is 0 Å². The van der Waals surface area contributed by atoms with Crippen LogP contribution in [0.1, 0.15) is 0 Å². The van der Waals surface area contributed by atoms with Gasteiger partial charge < -0.3 is 13.3 Å². The van der Waals surface area contributed by atoms with E-state index in [1.54, 1.807) is 0 Å². The molecule has 0 radical (unpaired) electrons. The first-order valence-electron chi connectivity index (χ1n) is 44.7. The smallest absolute Gasteiger partial charge is 0.167 e. The van der Waals surface area contributed by atoms with Crippen LogP contribution < -0.4 is 0 Å². The number of furan rings is 3. The molecule has 0 aliphatic heterocycles. The average molecular weight is 1730 g/mol. The van der Waals surface area contributed by atoms with Crippen LogP contribution in [0.3, 0.4) is 0 Å². The largest absolute Gasteiger partial charge is 0.455 e.